The van der Waals surface area contributed by atoms with Crippen molar-refractivity contribution in [3.63, 3.8) is 0 Å². The first-order valence-corrected chi connectivity index (χ1v) is 6.19. The van der Waals surface area contributed by atoms with Gasteiger partial charge in [0.15, 0.2) is 0 Å². The van der Waals surface area contributed by atoms with Gasteiger partial charge in [0.25, 0.3) is 0 Å². The van der Waals surface area contributed by atoms with Crippen molar-refractivity contribution in [3.05, 3.63) is 0 Å². The smallest absolute Gasteiger partial charge is 0.0480 e. The van der Waals surface area contributed by atoms with E-state index in [0.29, 0.717) is 6.04 Å². The van der Waals surface area contributed by atoms with Gasteiger partial charge in [-0.05, 0) is 53.2 Å². The first-order valence-electron chi connectivity index (χ1n) is 6.19. The zero-order valence-corrected chi connectivity index (χ0v) is 10.5. The molecule has 90 valence electrons. The molecule has 0 bridgehead atoms. The molecule has 1 rings (SSSR count). The molecule has 0 aromatic rings. The summed E-state index contributed by atoms with van der Waals surface area (Å²) in [6.45, 7) is 5.36. The largest absolute Gasteiger partial charge is 0.381 e. The van der Waals surface area contributed by atoms with Crippen molar-refractivity contribution in [1.82, 2.24) is 10.2 Å². The molecule has 0 amide bonds. The fourth-order valence-electron chi connectivity index (χ4n) is 2.10. The highest BCUT2D eigenvalue weighted by Crippen LogP contribution is 2.13. The summed E-state index contributed by atoms with van der Waals surface area (Å²) in [4.78, 5) is 2.50. The fourth-order valence-corrected chi connectivity index (χ4v) is 2.10. The zero-order chi connectivity index (χ0) is 11.1. The highest BCUT2D eigenvalue weighted by molar-refractivity contribution is 4.72. The SMILES string of the molecule is CNC(C)CCCN(C)C1CCOCC1. The lowest BCUT2D eigenvalue weighted by Crippen LogP contribution is -2.37. The molecule has 1 aliphatic heterocycles. The van der Waals surface area contributed by atoms with Gasteiger partial charge in [0.1, 0.15) is 0 Å². The minimum Gasteiger partial charge on any atom is -0.381 e. The molecular formula is C12H26N2O. The Morgan fingerprint density at radius 2 is 2.07 bits per heavy atom. The Morgan fingerprint density at radius 1 is 1.40 bits per heavy atom. The molecule has 15 heavy (non-hydrogen) atoms. The predicted octanol–water partition coefficient (Wildman–Crippen LogP) is 1.49. The second-order valence-corrected chi connectivity index (χ2v) is 4.66. The number of nitrogens with one attached hydrogen (secondary N) is 1. The van der Waals surface area contributed by atoms with E-state index in [4.69, 9.17) is 4.74 Å². The summed E-state index contributed by atoms with van der Waals surface area (Å²) in [7, 11) is 4.28. The Kier molecular flexibility index (Phi) is 6.22. The maximum Gasteiger partial charge on any atom is 0.0480 e. The average molecular weight is 214 g/mol. The number of ether oxygens (including phenoxy) is 1. The number of hydrogen-bond donors (Lipinski definition) is 1. The molecule has 1 unspecified atom stereocenters. The summed E-state index contributed by atoms with van der Waals surface area (Å²) in [5, 5.41) is 3.28. The normalized spacial score (nSPS) is 20.8. The Bertz CT molecular complexity index is 158. The van der Waals surface area contributed by atoms with Gasteiger partial charge in [-0.2, -0.15) is 0 Å². The van der Waals surface area contributed by atoms with Crippen LogP contribution in [0, 0.1) is 0 Å². The number of hydrogen-bond acceptors (Lipinski definition) is 3. The molecule has 3 heteroatoms. The summed E-state index contributed by atoms with van der Waals surface area (Å²) in [6.07, 6.45) is 4.97. The summed E-state index contributed by atoms with van der Waals surface area (Å²) in [5.74, 6) is 0. The van der Waals surface area contributed by atoms with E-state index in [9.17, 15) is 0 Å². The molecule has 1 heterocycles. The van der Waals surface area contributed by atoms with Crippen LogP contribution in [0.4, 0.5) is 0 Å². The van der Waals surface area contributed by atoms with E-state index in [1.54, 1.807) is 0 Å². The Labute approximate surface area is 94.2 Å². The second-order valence-electron chi connectivity index (χ2n) is 4.66. The van der Waals surface area contributed by atoms with Crippen molar-refractivity contribution in [2.24, 2.45) is 0 Å². The lowest BCUT2D eigenvalue weighted by atomic mass is 10.1. The third-order valence-corrected chi connectivity index (χ3v) is 3.45. The third kappa shape index (κ3) is 4.96. The van der Waals surface area contributed by atoms with Gasteiger partial charge in [-0.25, -0.2) is 0 Å². The van der Waals surface area contributed by atoms with Gasteiger partial charge in [0, 0.05) is 25.3 Å². The molecule has 3 nitrogen and oxygen atoms in total. The van der Waals surface area contributed by atoms with Crippen LogP contribution in [0.2, 0.25) is 0 Å². The fraction of sp³-hybridized carbons (Fsp3) is 1.00. The van der Waals surface area contributed by atoms with Crippen LogP contribution < -0.4 is 5.32 Å². The van der Waals surface area contributed by atoms with Gasteiger partial charge in [-0.3, -0.25) is 0 Å². The van der Waals surface area contributed by atoms with E-state index in [1.807, 2.05) is 7.05 Å². The van der Waals surface area contributed by atoms with Gasteiger partial charge in [0.2, 0.25) is 0 Å². The van der Waals surface area contributed by atoms with Crippen molar-refractivity contribution in [2.75, 3.05) is 33.9 Å². The summed E-state index contributed by atoms with van der Waals surface area (Å²) in [6, 6.07) is 1.40. The van der Waals surface area contributed by atoms with Crippen LogP contribution >= 0.6 is 0 Å². The lowest BCUT2D eigenvalue weighted by molar-refractivity contribution is 0.0424. The molecular weight excluding hydrogens is 188 g/mol. The van der Waals surface area contributed by atoms with Gasteiger partial charge >= 0.3 is 0 Å². The van der Waals surface area contributed by atoms with Crippen molar-refractivity contribution < 1.29 is 4.74 Å². The molecule has 0 aromatic carbocycles. The standard InChI is InChI=1S/C12H26N2O/c1-11(13-2)5-4-8-14(3)12-6-9-15-10-7-12/h11-13H,4-10H2,1-3H3. The molecule has 0 saturated carbocycles. The van der Waals surface area contributed by atoms with Crippen LogP contribution in [0.5, 0.6) is 0 Å². The Balaban J connectivity index is 2.09. The highest BCUT2D eigenvalue weighted by Gasteiger charge is 2.17. The maximum atomic E-state index is 5.37. The molecule has 1 fully saturated rings. The summed E-state index contributed by atoms with van der Waals surface area (Å²) < 4.78 is 5.37. The maximum absolute atomic E-state index is 5.37. The first-order chi connectivity index (χ1) is 7.24. The Morgan fingerprint density at radius 3 is 2.67 bits per heavy atom. The van der Waals surface area contributed by atoms with Crippen LogP contribution in [0.1, 0.15) is 32.6 Å². The molecule has 0 spiro atoms. The van der Waals surface area contributed by atoms with Crippen molar-refractivity contribution in [3.8, 4) is 0 Å². The van der Waals surface area contributed by atoms with E-state index in [1.165, 1.54) is 32.2 Å². The lowest BCUT2D eigenvalue weighted by Gasteiger charge is -2.31. The van der Waals surface area contributed by atoms with Gasteiger partial charge in [-0.15, -0.1) is 0 Å². The van der Waals surface area contributed by atoms with Crippen LogP contribution in [-0.4, -0.2) is 50.8 Å². The molecule has 1 aliphatic rings. The average Bonchev–Trinajstić information content (AvgIpc) is 2.29. The third-order valence-electron chi connectivity index (χ3n) is 3.45. The molecule has 1 saturated heterocycles. The minimum absolute atomic E-state index is 0.646. The van der Waals surface area contributed by atoms with Gasteiger partial charge < -0.3 is 15.0 Å². The van der Waals surface area contributed by atoms with Crippen LogP contribution in [0.15, 0.2) is 0 Å². The quantitative estimate of drug-likeness (QED) is 0.725. The molecule has 1 atom stereocenters. The van der Waals surface area contributed by atoms with Crippen LogP contribution in [-0.2, 0) is 4.74 Å². The molecule has 0 aliphatic carbocycles. The summed E-state index contributed by atoms with van der Waals surface area (Å²) >= 11 is 0. The molecule has 0 aromatic heterocycles. The van der Waals surface area contributed by atoms with Gasteiger partial charge in [-0.1, -0.05) is 0 Å². The Hall–Kier alpha value is -0.120. The number of nitrogens with zero attached hydrogens (tertiary/aromatic N) is 1. The molecule has 0 radical (unpaired) electrons. The topological polar surface area (TPSA) is 24.5 Å². The first kappa shape index (κ1) is 12.9. The zero-order valence-electron chi connectivity index (χ0n) is 10.5. The molecule has 1 N–H and O–H groups in total. The predicted molar refractivity (Wildman–Crippen MR) is 64.2 cm³/mol. The second kappa shape index (κ2) is 7.20. The minimum atomic E-state index is 0.646. The van der Waals surface area contributed by atoms with Crippen molar-refractivity contribution in [1.29, 1.82) is 0 Å². The van der Waals surface area contributed by atoms with E-state index in [-0.39, 0.29) is 0 Å². The van der Waals surface area contributed by atoms with Crippen LogP contribution in [0.3, 0.4) is 0 Å². The number of rotatable bonds is 6. The summed E-state index contributed by atoms with van der Waals surface area (Å²) in [5.41, 5.74) is 0. The highest BCUT2D eigenvalue weighted by atomic mass is 16.5. The van der Waals surface area contributed by atoms with Crippen LogP contribution in [0.25, 0.3) is 0 Å². The monoisotopic (exact) mass is 214 g/mol. The van der Waals surface area contributed by atoms with E-state index < -0.39 is 0 Å². The van der Waals surface area contributed by atoms with E-state index in [0.717, 1.165) is 19.3 Å². The van der Waals surface area contributed by atoms with E-state index >= 15 is 0 Å². The van der Waals surface area contributed by atoms with Crippen molar-refractivity contribution >= 4 is 0 Å². The van der Waals surface area contributed by atoms with Gasteiger partial charge in [0.05, 0.1) is 0 Å². The van der Waals surface area contributed by atoms with Crippen molar-refractivity contribution in [2.45, 2.75) is 44.7 Å². The van der Waals surface area contributed by atoms with E-state index in [2.05, 4.69) is 24.2 Å².